The Hall–Kier alpha value is -3.93. The van der Waals surface area contributed by atoms with Crippen LogP contribution >= 0.6 is 11.3 Å². The zero-order chi connectivity index (χ0) is 27.0. The summed E-state index contributed by atoms with van der Waals surface area (Å²) in [6.07, 6.45) is -2.20. The normalized spacial score (nSPS) is 14.5. The summed E-state index contributed by atoms with van der Waals surface area (Å²) in [7, 11) is -4.56. The summed E-state index contributed by atoms with van der Waals surface area (Å²) < 4.78 is 64.3. The Labute approximate surface area is 209 Å². The van der Waals surface area contributed by atoms with Crippen LogP contribution in [0.25, 0.3) is 0 Å². The molecule has 0 spiro atoms. The number of hydrogen-bond donors (Lipinski definition) is 4. The van der Waals surface area contributed by atoms with E-state index in [1.807, 2.05) is 5.21 Å². The van der Waals surface area contributed by atoms with Gasteiger partial charge in [-0.15, -0.1) is 5.10 Å². The first-order valence-electron chi connectivity index (χ1n) is 10.4. The lowest BCUT2D eigenvalue weighted by molar-refractivity contribution is -0.137. The first kappa shape index (κ1) is 26.1. The van der Waals surface area contributed by atoms with Gasteiger partial charge in [-0.25, -0.2) is 23.0 Å². The fourth-order valence-electron chi connectivity index (χ4n) is 3.72. The van der Waals surface area contributed by atoms with Gasteiger partial charge < -0.3 is 10.4 Å². The van der Waals surface area contributed by atoms with Gasteiger partial charge in [0.05, 0.1) is 11.3 Å². The number of carboxylic acids is 1. The van der Waals surface area contributed by atoms with Crippen molar-refractivity contribution in [2.24, 2.45) is 5.92 Å². The summed E-state index contributed by atoms with van der Waals surface area (Å²) in [5.74, 6) is -2.75. The van der Waals surface area contributed by atoms with Crippen molar-refractivity contribution in [3.63, 3.8) is 0 Å². The Morgan fingerprint density at radius 3 is 2.43 bits per heavy atom. The fourth-order valence-corrected chi connectivity index (χ4v) is 6.17. The number of tetrazole rings is 1. The van der Waals surface area contributed by atoms with E-state index in [4.69, 9.17) is 0 Å². The smallest absolute Gasteiger partial charge is 0.416 e. The number of amides is 2. The lowest BCUT2D eigenvalue weighted by atomic mass is 9.93. The van der Waals surface area contributed by atoms with E-state index in [2.05, 4.69) is 31.0 Å². The van der Waals surface area contributed by atoms with Crippen molar-refractivity contribution >= 4 is 49.8 Å². The van der Waals surface area contributed by atoms with Gasteiger partial charge in [0, 0.05) is 11.5 Å². The van der Waals surface area contributed by atoms with Gasteiger partial charge in [-0.1, -0.05) is 29.3 Å². The maximum Gasteiger partial charge on any atom is 0.416 e. The number of carbonyl (C=O) groups is 3. The van der Waals surface area contributed by atoms with Crippen LogP contribution in [0.15, 0.2) is 27.6 Å². The number of aromatic amines is 1. The van der Waals surface area contributed by atoms with Crippen LogP contribution in [-0.4, -0.2) is 56.9 Å². The highest BCUT2D eigenvalue weighted by molar-refractivity contribution is 7.93. The first-order valence-corrected chi connectivity index (χ1v) is 12.7. The molecule has 1 aliphatic rings. The molecule has 196 valence electrons. The van der Waals surface area contributed by atoms with Crippen molar-refractivity contribution in [2.45, 2.75) is 41.2 Å². The minimum Gasteiger partial charge on any atom is -0.476 e. The largest absolute Gasteiger partial charge is 0.476 e. The zero-order valence-electron chi connectivity index (χ0n) is 18.4. The Bertz CT molecular complexity index is 1470. The third-order valence-electron chi connectivity index (χ3n) is 5.42. The van der Waals surface area contributed by atoms with Gasteiger partial charge in [-0.2, -0.15) is 18.4 Å². The van der Waals surface area contributed by atoms with E-state index < -0.39 is 65.5 Å². The molecule has 0 radical (unpaired) electrons. The molecule has 1 saturated carbocycles. The van der Waals surface area contributed by atoms with Crippen LogP contribution in [-0.2, 0) is 16.0 Å². The number of ketones is 1. The minimum atomic E-state index is -4.72. The number of sulfone groups is 1. The molecule has 0 unspecified atom stereocenters. The molecular formula is C19H16F3N7O6S2. The molecule has 2 amide bonds. The van der Waals surface area contributed by atoms with E-state index in [1.165, 1.54) is 0 Å². The number of alkyl halides is 3. The highest BCUT2D eigenvalue weighted by Crippen LogP contribution is 2.36. The number of carboxylic acid groups (broad SMARTS) is 1. The van der Waals surface area contributed by atoms with Crippen LogP contribution in [0.5, 0.6) is 0 Å². The van der Waals surface area contributed by atoms with Gasteiger partial charge in [0.15, 0.2) is 20.8 Å². The monoisotopic (exact) mass is 559 g/mol. The molecule has 1 aliphatic carbocycles. The number of benzene rings is 1. The van der Waals surface area contributed by atoms with Crippen molar-refractivity contribution in [1.29, 1.82) is 0 Å². The molecular weight excluding hydrogens is 543 g/mol. The molecule has 4 N–H and O–H groups in total. The Morgan fingerprint density at radius 1 is 1.14 bits per heavy atom. The number of aromatic nitrogens is 5. The molecule has 1 fully saturated rings. The van der Waals surface area contributed by atoms with Crippen molar-refractivity contribution in [1.82, 2.24) is 25.6 Å². The fraction of sp³-hybridized carbons (Fsp3) is 0.316. The molecule has 18 heteroatoms. The molecule has 2 aromatic heterocycles. The van der Waals surface area contributed by atoms with Crippen LogP contribution in [0, 0.1) is 5.92 Å². The molecule has 13 nitrogen and oxygen atoms in total. The highest BCUT2D eigenvalue weighted by Gasteiger charge is 2.35. The lowest BCUT2D eigenvalue weighted by Gasteiger charge is -2.16. The molecule has 37 heavy (non-hydrogen) atoms. The Balaban J connectivity index is 1.61. The van der Waals surface area contributed by atoms with Crippen molar-refractivity contribution < 1.29 is 41.1 Å². The number of H-pyrrole nitrogens is 1. The van der Waals surface area contributed by atoms with E-state index in [1.54, 1.807) is 0 Å². The average Bonchev–Trinajstić information content (AvgIpc) is 3.60. The summed E-state index contributed by atoms with van der Waals surface area (Å²) in [5.41, 5.74) is -2.53. The number of thiazole rings is 1. The van der Waals surface area contributed by atoms with Crippen LogP contribution in [0.4, 0.5) is 28.8 Å². The Kier molecular flexibility index (Phi) is 6.96. The van der Waals surface area contributed by atoms with Crippen LogP contribution in [0.3, 0.4) is 0 Å². The van der Waals surface area contributed by atoms with E-state index >= 15 is 0 Å². The predicted octanol–water partition coefficient (Wildman–Crippen LogP) is 3.22. The number of carbonyl (C=O) groups excluding carboxylic acids is 2. The van der Waals surface area contributed by atoms with Crippen molar-refractivity contribution in [2.75, 3.05) is 10.6 Å². The molecule has 2 heterocycles. The number of rotatable bonds is 7. The molecule has 3 aromatic rings. The van der Waals surface area contributed by atoms with Gasteiger partial charge in [0.2, 0.25) is 0 Å². The lowest BCUT2D eigenvalue weighted by Crippen LogP contribution is -2.23. The maximum absolute atomic E-state index is 13.3. The maximum atomic E-state index is 13.3. The number of Topliss-reactive ketones (excluding diaryl/α,β-unsaturated/α-hetero) is 1. The first-order chi connectivity index (χ1) is 17.4. The zero-order valence-corrected chi connectivity index (χ0v) is 20.0. The number of anilines is 2. The molecule has 0 atom stereocenters. The number of aromatic carboxylic acids is 1. The van der Waals surface area contributed by atoms with Crippen LogP contribution in [0.1, 0.15) is 52.1 Å². The molecule has 0 saturated heterocycles. The van der Waals surface area contributed by atoms with E-state index in [0.717, 1.165) is 18.9 Å². The van der Waals surface area contributed by atoms with Gasteiger partial charge in [0.25, 0.3) is 15.0 Å². The third kappa shape index (κ3) is 5.43. The highest BCUT2D eigenvalue weighted by atomic mass is 32.2. The van der Waals surface area contributed by atoms with Crippen LogP contribution in [0.2, 0.25) is 0 Å². The average molecular weight is 560 g/mol. The van der Waals surface area contributed by atoms with E-state index in [9.17, 15) is 41.1 Å². The SMILES string of the molecule is O=C(Nc1nc(C(=O)O)c(S(=O)(=O)c2nn[nH]n2)s1)Nc1ccc(C(F)(F)F)cc1C(=O)C1CCCC1. The van der Waals surface area contributed by atoms with E-state index in [-0.39, 0.29) is 22.6 Å². The summed E-state index contributed by atoms with van der Waals surface area (Å²) in [6, 6.07) is 1.19. The summed E-state index contributed by atoms with van der Waals surface area (Å²) >= 11 is 0.279. The standard InChI is InChI=1S/C19H16F3N7O6S2/c20-19(21,22)9-5-6-11(10(7-9)13(30)8-3-1-2-4-8)23-16(33)25-17-24-12(14(31)32)15(36-17)37(34,35)18-26-28-29-27-18/h5-8H,1-4H2,(H,31,32)(H2,23,24,25,33)(H,26,27,28,29). The quantitative estimate of drug-likeness (QED) is 0.312. The molecule has 4 rings (SSSR count). The number of nitrogens with zero attached hydrogens (tertiary/aromatic N) is 4. The predicted molar refractivity (Wildman–Crippen MR) is 119 cm³/mol. The van der Waals surface area contributed by atoms with Crippen molar-refractivity contribution in [3.05, 3.63) is 35.0 Å². The third-order valence-corrected chi connectivity index (χ3v) is 8.42. The van der Waals surface area contributed by atoms with Gasteiger partial charge in [-0.3, -0.25) is 10.1 Å². The number of halogens is 3. The number of hydrogen-bond acceptors (Lipinski definition) is 10. The second-order valence-electron chi connectivity index (χ2n) is 7.84. The minimum absolute atomic E-state index is 0.211. The second-order valence-corrected chi connectivity index (χ2v) is 10.9. The number of nitrogens with one attached hydrogen (secondary N) is 3. The molecule has 1 aromatic carbocycles. The number of urea groups is 1. The topological polar surface area (TPSA) is 197 Å². The summed E-state index contributed by atoms with van der Waals surface area (Å²) in [6.45, 7) is 0. The van der Waals surface area contributed by atoms with Gasteiger partial charge >= 0.3 is 18.2 Å². The Morgan fingerprint density at radius 2 is 1.84 bits per heavy atom. The van der Waals surface area contributed by atoms with Gasteiger partial charge in [0.1, 0.15) is 0 Å². The van der Waals surface area contributed by atoms with Crippen LogP contribution < -0.4 is 10.6 Å². The summed E-state index contributed by atoms with van der Waals surface area (Å²) in [4.78, 5) is 40.7. The molecule has 0 bridgehead atoms. The van der Waals surface area contributed by atoms with Crippen molar-refractivity contribution in [3.8, 4) is 0 Å². The van der Waals surface area contributed by atoms with E-state index in [0.29, 0.717) is 25.0 Å². The molecule has 0 aliphatic heterocycles. The summed E-state index contributed by atoms with van der Waals surface area (Å²) in [5, 5.41) is 24.1. The van der Waals surface area contributed by atoms with Gasteiger partial charge in [-0.05, 0) is 36.3 Å². The second kappa shape index (κ2) is 9.85.